The lowest BCUT2D eigenvalue weighted by Gasteiger charge is -2.18. The van der Waals surface area contributed by atoms with Crippen LogP contribution in [0.1, 0.15) is 0 Å². The summed E-state index contributed by atoms with van der Waals surface area (Å²) in [6.45, 7) is 5.59. The largest absolute Gasteiger partial charge is 0.486 e. The molecule has 1 aliphatic heterocycles. The fourth-order valence-corrected chi connectivity index (χ4v) is 4.28. The summed E-state index contributed by atoms with van der Waals surface area (Å²) >= 11 is 14.0. The molecule has 27 heavy (non-hydrogen) atoms. The molecule has 0 N–H and O–H groups in total. The second-order valence-corrected chi connectivity index (χ2v) is 7.55. The van der Waals surface area contributed by atoms with Crippen molar-refractivity contribution in [3.63, 3.8) is 0 Å². The van der Waals surface area contributed by atoms with Crippen molar-refractivity contribution in [2.75, 3.05) is 13.2 Å². The lowest BCUT2D eigenvalue weighted by Crippen LogP contribution is -2.16. The van der Waals surface area contributed by atoms with E-state index in [1.807, 2.05) is 41.8 Å². The van der Waals surface area contributed by atoms with Gasteiger partial charge in [0, 0.05) is 28.6 Å². The fraction of sp³-hybridized carbons (Fsp3) is 0.150. The van der Waals surface area contributed by atoms with Gasteiger partial charge in [-0.3, -0.25) is 0 Å². The van der Waals surface area contributed by atoms with E-state index >= 15 is 0 Å². The highest BCUT2D eigenvalue weighted by Crippen LogP contribution is 2.34. The third-order valence-corrected chi connectivity index (χ3v) is 5.48. The normalized spacial score (nSPS) is 13.6. The first kappa shape index (κ1) is 18.2. The van der Waals surface area contributed by atoms with Crippen molar-refractivity contribution in [3.8, 4) is 22.8 Å². The first-order valence-electron chi connectivity index (χ1n) is 8.35. The number of benzene rings is 2. The van der Waals surface area contributed by atoms with Crippen LogP contribution in [0.5, 0.6) is 11.5 Å². The van der Waals surface area contributed by atoms with Crippen LogP contribution in [0.25, 0.3) is 11.3 Å². The maximum absolute atomic E-state index is 6.41. The Hall–Kier alpha value is -2.21. The van der Waals surface area contributed by atoms with Crippen LogP contribution in [0.15, 0.2) is 59.4 Å². The van der Waals surface area contributed by atoms with Crippen molar-refractivity contribution >= 4 is 40.2 Å². The molecule has 0 bridgehead atoms. The van der Waals surface area contributed by atoms with Gasteiger partial charge < -0.3 is 14.0 Å². The number of nitrogens with zero attached hydrogens (tertiary/aromatic N) is 2. The van der Waals surface area contributed by atoms with Crippen LogP contribution < -0.4 is 14.3 Å². The van der Waals surface area contributed by atoms with Gasteiger partial charge >= 0.3 is 0 Å². The number of thiazole rings is 1. The molecule has 0 unspecified atom stereocenters. The van der Waals surface area contributed by atoms with Crippen molar-refractivity contribution < 1.29 is 9.47 Å². The minimum Gasteiger partial charge on any atom is -0.486 e. The van der Waals surface area contributed by atoms with Crippen LogP contribution in [0.2, 0.25) is 10.0 Å². The number of aromatic nitrogens is 1. The van der Waals surface area contributed by atoms with Crippen molar-refractivity contribution in [2.24, 2.45) is 4.99 Å². The molecule has 2 heterocycles. The predicted octanol–water partition coefficient (Wildman–Crippen LogP) is 5.71. The van der Waals surface area contributed by atoms with E-state index in [1.165, 1.54) is 0 Å². The molecule has 0 amide bonds. The van der Waals surface area contributed by atoms with E-state index < -0.39 is 0 Å². The summed E-state index contributed by atoms with van der Waals surface area (Å²) in [5.74, 6) is 1.47. The van der Waals surface area contributed by atoms with Gasteiger partial charge in [0.05, 0.1) is 16.4 Å². The molecule has 0 saturated heterocycles. The first-order chi connectivity index (χ1) is 13.2. The molecule has 0 fully saturated rings. The molecule has 0 aliphatic carbocycles. The highest BCUT2D eigenvalue weighted by Gasteiger charge is 2.13. The van der Waals surface area contributed by atoms with E-state index in [9.17, 15) is 0 Å². The second-order valence-electron chi connectivity index (χ2n) is 5.87. The average molecular weight is 419 g/mol. The van der Waals surface area contributed by atoms with Crippen LogP contribution >= 0.6 is 34.5 Å². The maximum atomic E-state index is 6.41. The third-order valence-electron chi connectivity index (χ3n) is 4.07. The van der Waals surface area contributed by atoms with Crippen LogP contribution in [-0.4, -0.2) is 17.8 Å². The zero-order chi connectivity index (χ0) is 18.8. The highest BCUT2D eigenvalue weighted by molar-refractivity contribution is 7.07. The summed E-state index contributed by atoms with van der Waals surface area (Å²) in [6, 6.07) is 11.2. The minimum atomic E-state index is 0.547. The summed E-state index contributed by atoms with van der Waals surface area (Å²) in [7, 11) is 0. The van der Waals surface area contributed by atoms with Gasteiger partial charge in [-0.25, -0.2) is 4.99 Å². The first-order valence-corrected chi connectivity index (χ1v) is 9.98. The van der Waals surface area contributed by atoms with Crippen molar-refractivity contribution in [1.29, 1.82) is 0 Å². The van der Waals surface area contributed by atoms with Crippen molar-refractivity contribution in [2.45, 2.75) is 6.54 Å². The summed E-state index contributed by atoms with van der Waals surface area (Å²) < 4.78 is 13.3. The van der Waals surface area contributed by atoms with Crippen LogP contribution in [0.4, 0.5) is 5.69 Å². The molecule has 7 heteroatoms. The molecule has 0 atom stereocenters. The number of rotatable bonds is 4. The third kappa shape index (κ3) is 3.76. The van der Waals surface area contributed by atoms with E-state index in [1.54, 1.807) is 17.4 Å². The molecular formula is C20H16Cl2N2O2S. The van der Waals surface area contributed by atoms with E-state index in [4.69, 9.17) is 37.7 Å². The van der Waals surface area contributed by atoms with Gasteiger partial charge in [-0.1, -0.05) is 29.3 Å². The molecule has 3 aromatic rings. The molecule has 4 rings (SSSR count). The summed E-state index contributed by atoms with van der Waals surface area (Å²) in [5, 5.41) is 3.24. The molecule has 1 aromatic heterocycles. The molecule has 0 radical (unpaired) electrons. The quantitative estimate of drug-likeness (QED) is 0.508. The number of ether oxygens (including phenoxy) is 2. The predicted molar refractivity (Wildman–Crippen MR) is 111 cm³/mol. The minimum absolute atomic E-state index is 0.547. The molecule has 1 aliphatic rings. The molecule has 0 saturated carbocycles. The van der Waals surface area contributed by atoms with Crippen molar-refractivity contribution in [1.82, 2.24) is 4.57 Å². The maximum Gasteiger partial charge on any atom is 0.190 e. The van der Waals surface area contributed by atoms with Crippen LogP contribution in [-0.2, 0) is 6.54 Å². The number of fused-ring (bicyclic) bond motifs is 1. The Balaban J connectivity index is 1.80. The van der Waals surface area contributed by atoms with Gasteiger partial charge in [0.2, 0.25) is 0 Å². The van der Waals surface area contributed by atoms with Gasteiger partial charge in [-0.05, 0) is 30.3 Å². The van der Waals surface area contributed by atoms with E-state index in [2.05, 4.69) is 11.1 Å². The Morgan fingerprint density at radius 1 is 1.11 bits per heavy atom. The molecular weight excluding hydrogens is 403 g/mol. The van der Waals surface area contributed by atoms with Gasteiger partial charge in [-0.2, -0.15) is 0 Å². The smallest absolute Gasteiger partial charge is 0.190 e. The van der Waals surface area contributed by atoms with Crippen LogP contribution in [0, 0.1) is 0 Å². The number of hydrogen-bond acceptors (Lipinski definition) is 4. The van der Waals surface area contributed by atoms with Gasteiger partial charge in [0.15, 0.2) is 16.3 Å². The molecule has 4 nitrogen and oxygen atoms in total. The fourth-order valence-electron chi connectivity index (χ4n) is 2.85. The Bertz CT molecular complexity index is 1070. The second kappa shape index (κ2) is 7.80. The van der Waals surface area contributed by atoms with Gasteiger partial charge in [0.25, 0.3) is 0 Å². The van der Waals surface area contributed by atoms with Gasteiger partial charge in [0.1, 0.15) is 13.2 Å². The highest BCUT2D eigenvalue weighted by atomic mass is 35.5. The topological polar surface area (TPSA) is 35.8 Å². The van der Waals surface area contributed by atoms with Crippen molar-refractivity contribution in [3.05, 3.63) is 69.3 Å². The average Bonchev–Trinajstić information content (AvgIpc) is 3.04. The Morgan fingerprint density at radius 3 is 2.70 bits per heavy atom. The van der Waals surface area contributed by atoms with Gasteiger partial charge in [-0.15, -0.1) is 17.9 Å². The Morgan fingerprint density at radius 2 is 1.93 bits per heavy atom. The Labute approximate surface area is 170 Å². The molecule has 0 spiro atoms. The molecule has 2 aromatic carbocycles. The lowest BCUT2D eigenvalue weighted by atomic mass is 10.1. The van der Waals surface area contributed by atoms with E-state index in [0.29, 0.717) is 29.8 Å². The zero-order valence-electron chi connectivity index (χ0n) is 14.3. The number of halogens is 2. The summed E-state index contributed by atoms with van der Waals surface area (Å²) in [6.07, 6.45) is 1.84. The summed E-state index contributed by atoms with van der Waals surface area (Å²) in [4.78, 5) is 5.63. The van der Waals surface area contributed by atoms with E-state index in [-0.39, 0.29) is 0 Å². The number of allylic oxidation sites excluding steroid dienone is 1. The standard InChI is InChI=1S/C20H16Cl2N2O2S/c1-2-7-24-17(15-5-3-13(21)10-16(15)22)12-27-20(24)23-14-4-6-18-19(11-14)26-9-8-25-18/h2-6,10-12H,1,7-9H2. The van der Waals surface area contributed by atoms with E-state index in [0.717, 1.165) is 33.2 Å². The SMILES string of the molecule is C=CCn1c(-c2ccc(Cl)cc2Cl)csc1=Nc1ccc2c(c1)OCCO2. The van der Waals surface area contributed by atoms with Crippen LogP contribution in [0.3, 0.4) is 0 Å². The molecule has 138 valence electrons. The monoisotopic (exact) mass is 418 g/mol. The lowest BCUT2D eigenvalue weighted by molar-refractivity contribution is 0.171. The number of hydrogen-bond donors (Lipinski definition) is 0. The Kier molecular flexibility index (Phi) is 5.25. The summed E-state index contributed by atoms with van der Waals surface area (Å²) in [5.41, 5.74) is 2.67. The zero-order valence-corrected chi connectivity index (χ0v) is 16.7.